The minimum Gasteiger partial charge on any atom is -0.479 e. The normalized spacial score (nSPS) is 11.0. The average Bonchev–Trinajstić information content (AvgIpc) is 2.67. The fourth-order valence-electron chi connectivity index (χ4n) is 2.05. The highest BCUT2D eigenvalue weighted by Gasteiger charge is 2.19. The second-order valence-corrected chi connectivity index (χ2v) is 5.47. The van der Waals surface area contributed by atoms with Gasteiger partial charge in [-0.1, -0.05) is 0 Å². The Morgan fingerprint density at radius 3 is 2.57 bits per heavy atom. The van der Waals surface area contributed by atoms with Crippen LogP contribution in [0, 0.1) is 27.3 Å². The maximum Gasteiger partial charge on any atom is 0.347 e. The van der Waals surface area contributed by atoms with Crippen molar-refractivity contribution in [1.82, 2.24) is 0 Å². The van der Waals surface area contributed by atoms with Crippen molar-refractivity contribution in [2.24, 2.45) is 0 Å². The number of benzene rings is 2. The van der Waals surface area contributed by atoms with Crippen LogP contribution in [0.15, 0.2) is 42.5 Å². The molecule has 1 atom stereocenters. The minimum atomic E-state index is -1.05. The Balaban J connectivity index is 1.89. The molecule has 2 aromatic carbocycles. The van der Waals surface area contributed by atoms with E-state index >= 15 is 0 Å². The molecular formula is C18H14FN3O6. The molecule has 28 heavy (non-hydrogen) atoms. The van der Waals surface area contributed by atoms with Gasteiger partial charge in [0.15, 0.2) is 12.7 Å². The number of nitro groups is 1. The van der Waals surface area contributed by atoms with Gasteiger partial charge in [0, 0.05) is 12.1 Å². The van der Waals surface area contributed by atoms with E-state index in [1.54, 1.807) is 6.07 Å². The second-order valence-electron chi connectivity index (χ2n) is 5.47. The smallest absolute Gasteiger partial charge is 0.347 e. The largest absolute Gasteiger partial charge is 0.479 e. The van der Waals surface area contributed by atoms with Gasteiger partial charge in [0.05, 0.1) is 16.2 Å². The van der Waals surface area contributed by atoms with E-state index in [4.69, 9.17) is 14.7 Å². The van der Waals surface area contributed by atoms with Gasteiger partial charge in [0.2, 0.25) is 0 Å². The molecule has 1 amide bonds. The molecule has 0 unspecified atom stereocenters. The van der Waals surface area contributed by atoms with Gasteiger partial charge < -0.3 is 14.8 Å². The summed E-state index contributed by atoms with van der Waals surface area (Å²) in [6.07, 6.45) is -1.05. The number of hydrogen-bond acceptors (Lipinski definition) is 7. The first-order chi connectivity index (χ1) is 13.3. The lowest BCUT2D eigenvalue weighted by Crippen LogP contribution is -2.29. The van der Waals surface area contributed by atoms with E-state index in [9.17, 15) is 24.1 Å². The average molecular weight is 387 g/mol. The van der Waals surface area contributed by atoms with E-state index in [-0.39, 0.29) is 22.7 Å². The fourth-order valence-corrected chi connectivity index (χ4v) is 2.05. The van der Waals surface area contributed by atoms with Crippen molar-refractivity contribution < 1.29 is 28.4 Å². The van der Waals surface area contributed by atoms with Gasteiger partial charge in [-0.25, -0.2) is 9.18 Å². The van der Waals surface area contributed by atoms with Gasteiger partial charge in [-0.3, -0.25) is 14.9 Å². The third kappa shape index (κ3) is 5.50. The summed E-state index contributed by atoms with van der Waals surface area (Å²) in [6.45, 7) is 0.742. The van der Waals surface area contributed by atoms with E-state index in [1.165, 1.54) is 25.1 Å². The Kier molecular flexibility index (Phi) is 6.59. The second kappa shape index (κ2) is 9.09. The first kappa shape index (κ1) is 20.3. The molecule has 9 nitrogen and oxygen atoms in total. The van der Waals surface area contributed by atoms with Crippen molar-refractivity contribution in [3.05, 3.63) is 64.0 Å². The summed E-state index contributed by atoms with van der Waals surface area (Å²) in [6, 6.07) is 10.1. The number of halogens is 1. The topological polar surface area (TPSA) is 132 Å². The van der Waals surface area contributed by atoms with Crippen LogP contribution in [0.2, 0.25) is 0 Å². The number of rotatable bonds is 7. The molecule has 0 fully saturated rings. The van der Waals surface area contributed by atoms with Crippen molar-refractivity contribution in [1.29, 1.82) is 5.26 Å². The van der Waals surface area contributed by atoms with Crippen LogP contribution < -0.4 is 10.1 Å². The molecule has 2 aromatic rings. The van der Waals surface area contributed by atoms with Crippen LogP contribution in [0.3, 0.4) is 0 Å². The third-order valence-electron chi connectivity index (χ3n) is 3.41. The summed E-state index contributed by atoms with van der Waals surface area (Å²) in [5.74, 6) is -1.78. The highest BCUT2D eigenvalue weighted by Crippen LogP contribution is 2.21. The number of non-ortho nitro benzene ring substituents is 1. The summed E-state index contributed by atoms with van der Waals surface area (Å²) in [5, 5.41) is 22.1. The van der Waals surface area contributed by atoms with Crippen LogP contribution in [0.5, 0.6) is 5.75 Å². The Bertz CT molecular complexity index is 939. The molecule has 144 valence electrons. The molecule has 0 radical (unpaired) electrons. The number of esters is 1. The van der Waals surface area contributed by atoms with Gasteiger partial charge in [-0.15, -0.1) is 0 Å². The van der Waals surface area contributed by atoms with Gasteiger partial charge in [-0.2, -0.15) is 5.26 Å². The molecule has 0 aliphatic rings. The number of amides is 1. The number of nitro benzene ring substituents is 1. The molecule has 0 aliphatic heterocycles. The predicted octanol–water partition coefficient (Wildman–Crippen LogP) is 2.55. The lowest BCUT2D eigenvalue weighted by molar-refractivity contribution is -0.384. The Labute approximate surface area is 158 Å². The van der Waals surface area contributed by atoms with E-state index in [0.717, 1.165) is 24.3 Å². The first-order valence-corrected chi connectivity index (χ1v) is 7.87. The molecule has 0 aliphatic carbocycles. The molecule has 0 saturated carbocycles. The van der Waals surface area contributed by atoms with Crippen molar-refractivity contribution in [3.8, 4) is 11.8 Å². The number of nitrogens with zero attached hydrogens (tertiary/aromatic N) is 2. The van der Waals surface area contributed by atoms with Gasteiger partial charge in [-0.05, 0) is 37.3 Å². The van der Waals surface area contributed by atoms with E-state index in [0.29, 0.717) is 0 Å². The third-order valence-corrected chi connectivity index (χ3v) is 3.41. The number of nitriles is 1. The molecule has 10 heteroatoms. The van der Waals surface area contributed by atoms with Crippen LogP contribution in [0.25, 0.3) is 0 Å². The number of carbonyl (C=O) groups excluding carboxylic acids is 2. The number of ether oxygens (including phenoxy) is 2. The molecule has 0 spiro atoms. The molecule has 0 saturated heterocycles. The quantitative estimate of drug-likeness (QED) is 0.439. The van der Waals surface area contributed by atoms with E-state index in [1.807, 2.05) is 0 Å². The number of carbonyl (C=O) groups is 2. The highest BCUT2D eigenvalue weighted by atomic mass is 19.1. The molecule has 1 N–H and O–H groups in total. The van der Waals surface area contributed by atoms with Gasteiger partial charge in [0.25, 0.3) is 11.6 Å². The lowest BCUT2D eigenvalue weighted by atomic mass is 10.1. The van der Waals surface area contributed by atoms with Crippen LogP contribution in [-0.2, 0) is 14.3 Å². The summed E-state index contributed by atoms with van der Waals surface area (Å²) >= 11 is 0. The zero-order chi connectivity index (χ0) is 20.7. The maximum atomic E-state index is 12.8. The number of nitrogens with one attached hydrogen (secondary N) is 1. The molecular weight excluding hydrogens is 373 g/mol. The first-order valence-electron chi connectivity index (χ1n) is 7.87. The van der Waals surface area contributed by atoms with E-state index < -0.39 is 35.3 Å². The monoisotopic (exact) mass is 387 g/mol. The molecule has 0 heterocycles. The number of anilines is 1. The Hall–Kier alpha value is -4.00. The zero-order valence-corrected chi connectivity index (χ0v) is 14.5. The van der Waals surface area contributed by atoms with Gasteiger partial charge >= 0.3 is 5.97 Å². The summed E-state index contributed by atoms with van der Waals surface area (Å²) in [4.78, 5) is 33.8. The van der Waals surface area contributed by atoms with Crippen molar-refractivity contribution in [2.75, 3.05) is 11.9 Å². The van der Waals surface area contributed by atoms with Crippen LogP contribution in [-0.4, -0.2) is 29.5 Å². The predicted molar refractivity (Wildman–Crippen MR) is 93.9 cm³/mol. The SMILES string of the molecule is C[C@H](Oc1ccc(F)cc1)C(=O)OCC(=O)Nc1ccc([N+](=O)[O-])cc1C#N. The maximum absolute atomic E-state index is 12.8. The Morgan fingerprint density at radius 1 is 1.29 bits per heavy atom. The van der Waals surface area contributed by atoms with E-state index in [2.05, 4.69) is 5.32 Å². The van der Waals surface area contributed by atoms with Crippen LogP contribution in [0.4, 0.5) is 15.8 Å². The highest BCUT2D eigenvalue weighted by molar-refractivity contribution is 5.94. The Morgan fingerprint density at radius 2 is 1.96 bits per heavy atom. The fraction of sp³-hybridized carbons (Fsp3) is 0.167. The van der Waals surface area contributed by atoms with Gasteiger partial charge in [0.1, 0.15) is 17.6 Å². The summed E-state index contributed by atoms with van der Waals surface area (Å²) in [7, 11) is 0. The summed E-state index contributed by atoms with van der Waals surface area (Å²) in [5.41, 5.74) is -0.362. The number of hydrogen-bond donors (Lipinski definition) is 1. The van der Waals surface area contributed by atoms with Crippen LogP contribution >= 0.6 is 0 Å². The summed E-state index contributed by atoms with van der Waals surface area (Å²) < 4.78 is 22.9. The molecule has 2 rings (SSSR count). The molecule has 0 bridgehead atoms. The van der Waals surface area contributed by atoms with Crippen molar-refractivity contribution in [2.45, 2.75) is 13.0 Å². The van der Waals surface area contributed by atoms with Crippen molar-refractivity contribution >= 4 is 23.3 Å². The lowest BCUT2D eigenvalue weighted by Gasteiger charge is -2.14. The molecule has 0 aromatic heterocycles. The zero-order valence-electron chi connectivity index (χ0n) is 14.5. The van der Waals surface area contributed by atoms with Crippen LogP contribution in [0.1, 0.15) is 12.5 Å². The van der Waals surface area contributed by atoms with Crippen molar-refractivity contribution in [3.63, 3.8) is 0 Å². The minimum absolute atomic E-state index is 0.0461. The standard InChI is InChI=1S/C18H14FN3O6/c1-11(28-15-5-2-13(19)3-6-15)18(24)27-10-17(23)21-16-7-4-14(22(25)26)8-12(16)9-20/h2-8,11H,10H2,1H3,(H,21,23)/t11-/m0/s1.